The van der Waals surface area contributed by atoms with Gasteiger partial charge >= 0.3 is 6.18 Å². The summed E-state index contributed by atoms with van der Waals surface area (Å²) in [7, 11) is -3.98. The summed E-state index contributed by atoms with van der Waals surface area (Å²) >= 11 is 7.00. The van der Waals surface area contributed by atoms with Gasteiger partial charge in [-0.15, -0.1) is 11.3 Å². The SMILES string of the molecule is CC1(C)CC(c2ccc(C(F)(F)F)cc2C2(F)CN(Cl)C2)c2ccc(S(=O)(=O)Nc3nccs3)cc2O1. The van der Waals surface area contributed by atoms with Gasteiger partial charge < -0.3 is 4.74 Å². The lowest BCUT2D eigenvalue weighted by atomic mass is 9.74. The second kappa shape index (κ2) is 8.82. The Bertz CT molecular complexity index is 1440. The number of nitrogens with one attached hydrogen (secondary N) is 1. The summed E-state index contributed by atoms with van der Waals surface area (Å²) in [6.45, 7) is 3.08. The molecule has 2 aliphatic rings. The average Bonchev–Trinajstić information content (AvgIpc) is 3.28. The van der Waals surface area contributed by atoms with Gasteiger partial charge in [-0.05, 0) is 61.4 Å². The van der Waals surface area contributed by atoms with Crippen molar-refractivity contribution < 1.29 is 30.7 Å². The molecule has 0 bridgehead atoms. The third-order valence-corrected chi connectivity index (χ3v) is 8.88. The van der Waals surface area contributed by atoms with Crippen molar-refractivity contribution in [3.05, 3.63) is 70.2 Å². The number of thiazole rings is 1. The minimum absolute atomic E-state index is 0.0655. The van der Waals surface area contributed by atoms with Crippen molar-refractivity contribution in [2.45, 2.75) is 48.5 Å². The Hall–Kier alpha value is -2.41. The number of rotatable bonds is 5. The molecule has 0 spiro atoms. The molecular weight excluding hydrogens is 554 g/mol. The normalized spacial score (nSPS) is 21.0. The molecule has 0 aliphatic carbocycles. The molecule has 5 rings (SSSR count). The van der Waals surface area contributed by atoms with Crippen molar-refractivity contribution in [3.63, 3.8) is 0 Å². The molecule has 2 aromatic carbocycles. The predicted molar refractivity (Wildman–Crippen MR) is 132 cm³/mol. The molecule has 37 heavy (non-hydrogen) atoms. The molecule has 6 nitrogen and oxygen atoms in total. The first-order valence-corrected chi connectivity index (χ1v) is 13.9. The molecule has 0 amide bonds. The van der Waals surface area contributed by atoms with Crippen LogP contribution in [0, 0.1) is 0 Å². The highest BCUT2D eigenvalue weighted by atomic mass is 35.5. The van der Waals surface area contributed by atoms with Gasteiger partial charge in [0.05, 0.1) is 23.5 Å². The van der Waals surface area contributed by atoms with Crippen molar-refractivity contribution >= 4 is 38.3 Å². The van der Waals surface area contributed by atoms with Crippen LogP contribution in [-0.2, 0) is 21.9 Å². The lowest BCUT2D eigenvalue weighted by molar-refractivity contribution is -0.137. The number of aromatic nitrogens is 1. The maximum absolute atomic E-state index is 15.8. The van der Waals surface area contributed by atoms with Gasteiger partial charge in [0.2, 0.25) is 0 Å². The Kier molecular flexibility index (Phi) is 6.25. The van der Waals surface area contributed by atoms with Crippen molar-refractivity contribution in [1.29, 1.82) is 0 Å². The van der Waals surface area contributed by atoms with Gasteiger partial charge in [-0.25, -0.2) is 22.2 Å². The first kappa shape index (κ1) is 26.2. The van der Waals surface area contributed by atoms with E-state index in [2.05, 4.69) is 9.71 Å². The number of alkyl halides is 4. The van der Waals surface area contributed by atoms with Crippen LogP contribution in [-0.4, -0.2) is 36.5 Å². The van der Waals surface area contributed by atoms with Gasteiger partial charge in [-0.3, -0.25) is 4.72 Å². The second-order valence-corrected chi connectivity index (χ2v) is 12.9. The molecule has 1 unspecified atom stereocenters. The predicted octanol–water partition coefficient (Wildman–Crippen LogP) is 6.29. The van der Waals surface area contributed by atoms with E-state index in [1.807, 2.05) is 0 Å². The van der Waals surface area contributed by atoms with Crippen molar-refractivity contribution in [1.82, 2.24) is 9.40 Å². The Balaban J connectivity index is 1.60. The number of hydrogen-bond donors (Lipinski definition) is 1. The summed E-state index contributed by atoms with van der Waals surface area (Å²) in [6, 6.07) is 7.43. The number of halogens is 5. The molecule has 1 saturated heterocycles. The maximum Gasteiger partial charge on any atom is 0.416 e. The zero-order valence-corrected chi connectivity index (χ0v) is 22.0. The number of ether oxygens (including phenoxy) is 1. The number of sulfonamides is 1. The van der Waals surface area contributed by atoms with Crippen LogP contribution >= 0.6 is 23.1 Å². The topological polar surface area (TPSA) is 71.5 Å². The molecule has 3 heterocycles. The molecule has 1 aromatic heterocycles. The van der Waals surface area contributed by atoms with E-state index in [1.54, 1.807) is 25.3 Å². The molecule has 2 aliphatic heterocycles. The maximum atomic E-state index is 15.8. The van der Waals surface area contributed by atoms with Crippen LogP contribution in [0.2, 0.25) is 0 Å². The van der Waals surface area contributed by atoms with E-state index in [4.69, 9.17) is 16.5 Å². The molecule has 3 aromatic rings. The van der Waals surface area contributed by atoms with Gasteiger partial charge in [-0.1, -0.05) is 12.1 Å². The van der Waals surface area contributed by atoms with Crippen LogP contribution < -0.4 is 9.46 Å². The summed E-state index contributed by atoms with van der Waals surface area (Å²) < 4.78 is 92.0. The first-order chi connectivity index (χ1) is 17.2. The minimum Gasteiger partial charge on any atom is -0.487 e. The first-order valence-electron chi connectivity index (χ1n) is 11.2. The highest BCUT2D eigenvalue weighted by Crippen LogP contribution is 2.50. The molecule has 0 saturated carbocycles. The quantitative estimate of drug-likeness (QED) is 0.286. The van der Waals surface area contributed by atoms with E-state index in [0.29, 0.717) is 17.5 Å². The standard InChI is InChI=1S/C24H22ClF4N3O3S2/c1-22(2)11-18(16-5-3-14(24(27,28)29)9-19(16)23(26)12-32(25)13-23)17-6-4-15(10-20(17)35-22)37(33,34)31-21-30-7-8-36-21/h3-10,18H,11-13H2,1-2H3,(H,30,31). The van der Waals surface area contributed by atoms with Crippen molar-refractivity contribution in [3.8, 4) is 5.75 Å². The van der Waals surface area contributed by atoms with Gasteiger partial charge in [0, 0.05) is 29.1 Å². The molecule has 13 heteroatoms. The van der Waals surface area contributed by atoms with Crippen LogP contribution in [0.25, 0.3) is 0 Å². The third-order valence-electron chi connectivity index (χ3n) is 6.49. The Morgan fingerprint density at radius 1 is 1.16 bits per heavy atom. The van der Waals surface area contributed by atoms with E-state index in [0.717, 1.165) is 23.5 Å². The zero-order chi connectivity index (χ0) is 26.8. The van der Waals surface area contributed by atoms with E-state index in [1.165, 1.54) is 28.8 Å². The summed E-state index contributed by atoms with van der Waals surface area (Å²) in [4.78, 5) is 3.87. The fourth-order valence-corrected chi connectivity index (χ4v) is 7.00. The largest absolute Gasteiger partial charge is 0.487 e. The number of anilines is 1. The van der Waals surface area contributed by atoms with Gasteiger partial charge in [0.25, 0.3) is 10.0 Å². The van der Waals surface area contributed by atoms with Gasteiger partial charge in [0.1, 0.15) is 11.4 Å². The molecule has 1 N–H and O–H groups in total. The molecule has 0 radical (unpaired) electrons. The minimum atomic E-state index is -4.64. The van der Waals surface area contributed by atoms with E-state index >= 15 is 4.39 Å². The van der Waals surface area contributed by atoms with E-state index in [-0.39, 0.29) is 34.4 Å². The Morgan fingerprint density at radius 2 is 1.86 bits per heavy atom. The number of fused-ring (bicyclic) bond motifs is 1. The van der Waals surface area contributed by atoms with Crippen molar-refractivity contribution in [2.75, 3.05) is 17.8 Å². The Morgan fingerprint density at radius 3 is 2.49 bits per heavy atom. The summed E-state index contributed by atoms with van der Waals surface area (Å²) in [5.41, 5.74) is -2.95. The third kappa shape index (κ3) is 5.04. The highest BCUT2D eigenvalue weighted by molar-refractivity contribution is 7.93. The summed E-state index contributed by atoms with van der Waals surface area (Å²) in [5.74, 6) is -0.286. The lowest BCUT2D eigenvalue weighted by Crippen LogP contribution is -2.52. The van der Waals surface area contributed by atoms with Crippen LogP contribution in [0.4, 0.5) is 22.7 Å². The molecular formula is C24H22ClF4N3O3S2. The number of nitrogens with zero attached hydrogens (tertiary/aromatic N) is 2. The fraction of sp³-hybridized carbons (Fsp3) is 0.375. The smallest absolute Gasteiger partial charge is 0.416 e. The molecule has 198 valence electrons. The summed E-state index contributed by atoms with van der Waals surface area (Å²) in [6.07, 6.45) is -2.84. The zero-order valence-electron chi connectivity index (χ0n) is 19.6. The van der Waals surface area contributed by atoms with Crippen LogP contribution in [0.5, 0.6) is 5.75 Å². The number of benzene rings is 2. The fourth-order valence-electron chi connectivity index (χ4n) is 4.82. The second-order valence-electron chi connectivity index (χ2n) is 9.80. The van der Waals surface area contributed by atoms with Crippen LogP contribution in [0.15, 0.2) is 52.9 Å². The number of hydrogen-bond acceptors (Lipinski definition) is 6. The Labute approximate surface area is 220 Å². The van der Waals surface area contributed by atoms with E-state index in [9.17, 15) is 21.6 Å². The monoisotopic (exact) mass is 575 g/mol. The van der Waals surface area contributed by atoms with Crippen molar-refractivity contribution in [2.24, 2.45) is 0 Å². The highest BCUT2D eigenvalue weighted by Gasteiger charge is 2.49. The van der Waals surface area contributed by atoms with Crippen LogP contribution in [0.1, 0.15) is 48.4 Å². The van der Waals surface area contributed by atoms with Gasteiger partial charge in [-0.2, -0.15) is 13.2 Å². The molecule has 1 atom stereocenters. The lowest BCUT2D eigenvalue weighted by Gasteiger charge is -2.44. The van der Waals surface area contributed by atoms with Crippen LogP contribution in [0.3, 0.4) is 0 Å². The average molecular weight is 576 g/mol. The summed E-state index contributed by atoms with van der Waals surface area (Å²) in [5, 5.41) is 1.83. The molecule has 1 fully saturated rings. The van der Waals surface area contributed by atoms with Gasteiger partial charge in [0.15, 0.2) is 10.8 Å². The van der Waals surface area contributed by atoms with E-state index < -0.39 is 39.0 Å².